The van der Waals surface area contributed by atoms with Crippen LogP contribution in [0.3, 0.4) is 0 Å². The van der Waals surface area contributed by atoms with Crippen molar-refractivity contribution < 1.29 is 37.4 Å². The van der Waals surface area contributed by atoms with Gasteiger partial charge in [-0.05, 0) is 38.8 Å². The Kier molecular flexibility index (Phi) is 8.88. The molecule has 17 heteroatoms. The Labute approximate surface area is 245 Å². The van der Waals surface area contributed by atoms with E-state index in [0.717, 1.165) is 12.8 Å². The predicted octanol–water partition coefficient (Wildman–Crippen LogP) is 2.93. The molecule has 1 aromatic carbocycles. The van der Waals surface area contributed by atoms with Gasteiger partial charge in [0.1, 0.15) is 35.5 Å². The molecule has 5 N–H and O–H groups in total. The smallest absolute Gasteiger partial charge is 0.459 e. The van der Waals surface area contributed by atoms with Crippen LogP contribution < -0.4 is 20.7 Å². The number of esters is 1. The summed E-state index contributed by atoms with van der Waals surface area (Å²) in [6.45, 7) is 1.40. The molecule has 3 aromatic rings. The Morgan fingerprint density at radius 1 is 1.36 bits per heavy atom. The molecule has 5 rings (SSSR count). The minimum Gasteiger partial charge on any atom is -0.465 e. The molecule has 6 atom stereocenters. The van der Waals surface area contributed by atoms with E-state index >= 15 is 0 Å². The molecule has 0 radical (unpaired) electrons. The Hall–Kier alpha value is -3.07. The van der Waals surface area contributed by atoms with Gasteiger partial charge in [0.2, 0.25) is 5.95 Å². The van der Waals surface area contributed by atoms with Crippen molar-refractivity contribution in [2.24, 2.45) is 0 Å². The van der Waals surface area contributed by atoms with Gasteiger partial charge in [0, 0.05) is 6.04 Å². The van der Waals surface area contributed by atoms with Gasteiger partial charge >= 0.3 is 13.7 Å². The zero-order valence-corrected chi connectivity index (χ0v) is 24.5. The number of aliphatic hydroxyl groups excluding tert-OH is 1. The maximum absolute atomic E-state index is 14.5. The van der Waals surface area contributed by atoms with Gasteiger partial charge in [-0.15, -0.1) is 11.6 Å². The second kappa shape index (κ2) is 12.3. The van der Waals surface area contributed by atoms with E-state index in [-0.39, 0.29) is 30.0 Å². The molecule has 1 saturated carbocycles. The SMILES string of the molecule is CCOC(=O)[C@@H](C)N[P@](=O)(OC[C@H]1O[C@@H](n2cnc3c(NC4CC4)nc(N)nc32)[C@@](Cl)(CF)[C@@H]1O)Oc1ccccc1. The molecule has 1 aliphatic heterocycles. The number of hydrogen-bond acceptors (Lipinski definition) is 12. The fourth-order valence-corrected chi connectivity index (χ4v) is 6.25. The van der Waals surface area contributed by atoms with Gasteiger partial charge in [-0.1, -0.05) is 18.2 Å². The standard InChI is InChI=1S/C25H32ClFN7O7P/c1-3-38-22(36)14(2)33-42(37,41-16-7-5-4-6-8-16)39-11-17-19(35)25(26,12-27)23(40-17)34-13-29-18-20(30-15-9-10-15)31-24(28)32-21(18)34/h4-8,13-15,17,19,23,35H,3,9-12H2,1-2H3,(H,33,37)(H3,28,30,31,32)/t14-,17-,19-,23-,25-,42+/m1/s1. The number of carbonyl (C=O) groups excluding carboxylic acids is 1. The molecule has 2 aromatic heterocycles. The highest BCUT2D eigenvalue weighted by molar-refractivity contribution is 7.52. The third-order valence-electron chi connectivity index (χ3n) is 6.74. The molecule has 3 heterocycles. The molecular weight excluding hydrogens is 596 g/mol. The first-order valence-electron chi connectivity index (χ1n) is 13.4. The van der Waals surface area contributed by atoms with Crippen molar-refractivity contribution in [3.63, 3.8) is 0 Å². The van der Waals surface area contributed by atoms with Crippen molar-refractivity contribution in [1.82, 2.24) is 24.6 Å². The van der Waals surface area contributed by atoms with E-state index in [1.165, 1.54) is 17.8 Å². The number of imidazole rings is 1. The Balaban J connectivity index is 1.39. The summed E-state index contributed by atoms with van der Waals surface area (Å²) in [7, 11) is -4.29. The van der Waals surface area contributed by atoms with Gasteiger partial charge in [0.25, 0.3) is 0 Å². The zero-order chi connectivity index (χ0) is 30.1. The number of alkyl halides is 2. The van der Waals surface area contributed by atoms with E-state index in [4.69, 9.17) is 35.9 Å². The number of aromatic nitrogens is 4. The van der Waals surface area contributed by atoms with Gasteiger partial charge in [-0.3, -0.25) is 13.9 Å². The first kappa shape index (κ1) is 30.4. The average Bonchev–Trinajstić information content (AvgIpc) is 3.62. The van der Waals surface area contributed by atoms with Gasteiger partial charge in [0.15, 0.2) is 23.2 Å². The number of nitrogens with zero attached hydrogens (tertiary/aromatic N) is 4. The molecule has 2 fully saturated rings. The van der Waals surface area contributed by atoms with Crippen molar-refractivity contribution in [2.75, 3.05) is 30.9 Å². The number of nitrogen functional groups attached to an aromatic ring is 1. The van der Waals surface area contributed by atoms with E-state index in [1.54, 1.807) is 37.3 Å². The summed E-state index contributed by atoms with van der Waals surface area (Å²) < 4.78 is 51.9. The number of fused-ring (bicyclic) bond motifs is 1. The summed E-state index contributed by atoms with van der Waals surface area (Å²) in [4.78, 5) is 23.1. The maximum atomic E-state index is 14.5. The number of anilines is 2. The molecule has 0 spiro atoms. The highest BCUT2D eigenvalue weighted by atomic mass is 35.5. The molecule has 228 valence electrons. The molecule has 0 bridgehead atoms. The number of aliphatic hydroxyl groups is 1. The van der Waals surface area contributed by atoms with Crippen LogP contribution >= 0.6 is 19.3 Å². The first-order chi connectivity index (χ1) is 20.1. The maximum Gasteiger partial charge on any atom is 0.459 e. The van der Waals surface area contributed by atoms with Crippen molar-refractivity contribution in [2.45, 2.75) is 62.1 Å². The first-order valence-corrected chi connectivity index (χ1v) is 15.3. The lowest BCUT2D eigenvalue weighted by atomic mass is 10.0. The van der Waals surface area contributed by atoms with Crippen LogP contribution in [-0.2, 0) is 23.4 Å². The second-order valence-corrected chi connectivity index (χ2v) is 12.4. The lowest BCUT2D eigenvalue weighted by molar-refractivity contribution is -0.144. The monoisotopic (exact) mass is 627 g/mol. The number of halogens is 2. The number of para-hydroxylation sites is 1. The van der Waals surface area contributed by atoms with Crippen LogP contribution in [0.4, 0.5) is 16.2 Å². The topological polar surface area (TPSA) is 185 Å². The number of benzene rings is 1. The number of nitrogens with one attached hydrogen (secondary N) is 2. The summed E-state index contributed by atoms with van der Waals surface area (Å²) in [5, 5.41) is 16.9. The van der Waals surface area contributed by atoms with Crippen LogP contribution in [0.25, 0.3) is 11.2 Å². The molecule has 1 aliphatic carbocycles. The minimum absolute atomic E-state index is 0.0490. The number of hydrogen-bond donors (Lipinski definition) is 4. The molecular formula is C25H32ClFN7O7P. The van der Waals surface area contributed by atoms with Crippen LogP contribution in [0.2, 0.25) is 0 Å². The van der Waals surface area contributed by atoms with Crippen molar-refractivity contribution in [3.05, 3.63) is 36.7 Å². The third-order valence-corrected chi connectivity index (χ3v) is 8.90. The van der Waals surface area contributed by atoms with Crippen molar-refractivity contribution in [1.29, 1.82) is 0 Å². The Morgan fingerprint density at radius 2 is 2.10 bits per heavy atom. The summed E-state index contributed by atoms with van der Waals surface area (Å²) in [5.74, 6) is -0.134. The number of carbonyl (C=O) groups is 1. The van der Waals surface area contributed by atoms with Crippen LogP contribution in [0.5, 0.6) is 5.75 Å². The van der Waals surface area contributed by atoms with Gasteiger partial charge in [0.05, 0.1) is 19.5 Å². The Bertz CT molecular complexity index is 1470. The third kappa shape index (κ3) is 6.31. The van der Waals surface area contributed by atoms with Crippen LogP contribution in [0.1, 0.15) is 32.9 Å². The van der Waals surface area contributed by atoms with E-state index in [0.29, 0.717) is 11.3 Å². The summed E-state index contributed by atoms with van der Waals surface area (Å²) in [5.41, 5.74) is 6.51. The number of ether oxygens (including phenoxy) is 2. The average molecular weight is 628 g/mol. The molecule has 14 nitrogen and oxygen atoms in total. The van der Waals surface area contributed by atoms with Crippen LogP contribution in [0.15, 0.2) is 36.7 Å². The highest BCUT2D eigenvalue weighted by Crippen LogP contribution is 2.49. The lowest BCUT2D eigenvalue weighted by Crippen LogP contribution is -2.44. The van der Waals surface area contributed by atoms with Crippen molar-refractivity contribution in [3.8, 4) is 5.75 Å². The number of rotatable bonds is 13. The van der Waals surface area contributed by atoms with Crippen LogP contribution in [-0.4, -0.2) is 79.6 Å². The molecule has 2 aliphatic rings. The van der Waals surface area contributed by atoms with Gasteiger partial charge in [-0.25, -0.2) is 13.9 Å². The molecule has 42 heavy (non-hydrogen) atoms. The van der Waals surface area contributed by atoms with E-state index in [1.807, 2.05) is 0 Å². The van der Waals surface area contributed by atoms with Gasteiger partial charge in [-0.2, -0.15) is 15.1 Å². The zero-order valence-electron chi connectivity index (χ0n) is 22.9. The van der Waals surface area contributed by atoms with Crippen LogP contribution in [0, 0.1) is 0 Å². The summed E-state index contributed by atoms with van der Waals surface area (Å²) >= 11 is 6.65. The number of nitrogens with two attached hydrogens (primary N) is 1. The fourth-order valence-electron chi connectivity index (χ4n) is 4.45. The van der Waals surface area contributed by atoms with E-state index < -0.39 is 56.3 Å². The molecule has 0 unspecified atom stereocenters. The second-order valence-electron chi connectivity index (χ2n) is 10.0. The van der Waals surface area contributed by atoms with E-state index in [2.05, 4.69) is 25.4 Å². The fraction of sp³-hybridized carbons (Fsp3) is 0.520. The predicted molar refractivity (Wildman–Crippen MR) is 151 cm³/mol. The van der Waals surface area contributed by atoms with Crippen molar-refractivity contribution >= 4 is 48.2 Å². The Morgan fingerprint density at radius 3 is 2.76 bits per heavy atom. The summed E-state index contributed by atoms with van der Waals surface area (Å²) in [6.07, 6.45) is -0.940. The highest BCUT2D eigenvalue weighted by Gasteiger charge is 2.57. The van der Waals surface area contributed by atoms with Gasteiger partial charge < -0.3 is 30.2 Å². The minimum atomic E-state index is -4.29. The normalized spacial score (nSPS) is 26.1. The largest absolute Gasteiger partial charge is 0.465 e. The summed E-state index contributed by atoms with van der Waals surface area (Å²) in [6, 6.07) is 7.29. The molecule has 1 saturated heterocycles. The molecule has 0 amide bonds. The van der Waals surface area contributed by atoms with E-state index in [9.17, 15) is 18.9 Å². The lowest BCUT2D eigenvalue weighted by Gasteiger charge is -2.27. The quantitative estimate of drug-likeness (QED) is 0.123.